The molecule has 0 N–H and O–H groups in total. The summed E-state index contributed by atoms with van der Waals surface area (Å²) in [5.41, 5.74) is 2.71. The van der Waals surface area contributed by atoms with Crippen LogP contribution in [0.2, 0.25) is 5.02 Å². The van der Waals surface area contributed by atoms with Crippen LogP contribution in [-0.2, 0) is 13.5 Å². The highest BCUT2D eigenvalue weighted by atomic mass is 35.5. The van der Waals surface area contributed by atoms with E-state index in [-0.39, 0.29) is 11.4 Å². The number of fused-ring (bicyclic) bond motifs is 5. The molecule has 1 aromatic carbocycles. The molecule has 0 amide bonds. The molecule has 2 aliphatic rings. The number of aromatic nitrogens is 1. The molecular weight excluding hydrogens is 341 g/mol. The van der Waals surface area contributed by atoms with Crippen molar-refractivity contribution in [1.82, 2.24) is 9.47 Å². The Morgan fingerprint density at radius 2 is 2.00 bits per heavy atom. The smallest absolute Gasteiger partial charge is 0.256 e. The molecule has 134 valence electrons. The molecule has 1 saturated heterocycles. The Kier molecular flexibility index (Phi) is 3.85. The first-order chi connectivity index (χ1) is 11.8. The minimum Gasteiger partial charge on any atom is -0.365 e. The maximum absolute atomic E-state index is 14.5. The molecule has 0 saturated carbocycles. The van der Waals surface area contributed by atoms with Crippen LogP contribution < -0.4 is 10.5 Å². The molecule has 2 unspecified atom stereocenters. The fourth-order valence-electron chi connectivity index (χ4n) is 4.35. The lowest BCUT2D eigenvalue weighted by Gasteiger charge is -2.48. The molecule has 0 radical (unpaired) electrons. The Bertz CT molecular complexity index is 939. The van der Waals surface area contributed by atoms with Gasteiger partial charge in [-0.2, -0.15) is 0 Å². The first-order valence-electron chi connectivity index (χ1n) is 8.78. The molecule has 1 aromatic heterocycles. The molecule has 1 fully saturated rings. The molecule has 4 rings (SSSR count). The van der Waals surface area contributed by atoms with Crippen molar-refractivity contribution in [3.63, 3.8) is 0 Å². The van der Waals surface area contributed by atoms with Crippen molar-refractivity contribution in [1.29, 1.82) is 0 Å². The van der Waals surface area contributed by atoms with Gasteiger partial charge < -0.3 is 9.47 Å². The van der Waals surface area contributed by atoms with Crippen molar-refractivity contribution in [2.24, 2.45) is 7.05 Å². The zero-order valence-electron chi connectivity index (χ0n) is 15.1. The van der Waals surface area contributed by atoms with Crippen LogP contribution in [0.5, 0.6) is 0 Å². The van der Waals surface area contributed by atoms with E-state index in [1.54, 1.807) is 24.6 Å². The fourth-order valence-corrected chi connectivity index (χ4v) is 4.67. The third kappa shape index (κ3) is 2.32. The number of hydrogen-bond donors (Lipinski definition) is 0. The van der Waals surface area contributed by atoms with Crippen LogP contribution in [0.4, 0.5) is 10.1 Å². The Morgan fingerprint density at radius 3 is 2.72 bits per heavy atom. The Balaban J connectivity index is 2.06. The van der Waals surface area contributed by atoms with E-state index >= 15 is 0 Å². The lowest BCUT2D eigenvalue weighted by Crippen LogP contribution is -2.58. The van der Waals surface area contributed by atoms with E-state index in [1.165, 1.54) is 0 Å². The van der Waals surface area contributed by atoms with Gasteiger partial charge in [0.05, 0.1) is 16.2 Å². The monoisotopic (exact) mass is 363 g/mol. The third-order valence-electron chi connectivity index (χ3n) is 6.03. The van der Waals surface area contributed by atoms with Crippen molar-refractivity contribution < 1.29 is 4.39 Å². The number of rotatable bonds is 0. The molecule has 25 heavy (non-hydrogen) atoms. The second-order valence-electron chi connectivity index (χ2n) is 7.52. The number of anilines is 1. The predicted molar refractivity (Wildman–Crippen MR) is 100 cm³/mol. The summed E-state index contributed by atoms with van der Waals surface area (Å²) in [6.07, 6.45) is 1.68. The normalized spacial score (nSPS) is 23.7. The number of piperazine rings is 1. The number of benzene rings is 1. The van der Waals surface area contributed by atoms with Crippen LogP contribution in [0.3, 0.4) is 0 Å². The van der Waals surface area contributed by atoms with Crippen molar-refractivity contribution in [2.45, 2.75) is 38.8 Å². The summed E-state index contributed by atoms with van der Waals surface area (Å²) >= 11 is 6.45. The van der Waals surface area contributed by atoms with Gasteiger partial charge in [-0.3, -0.25) is 9.69 Å². The minimum atomic E-state index is -0.317. The van der Waals surface area contributed by atoms with E-state index in [0.29, 0.717) is 28.2 Å². The van der Waals surface area contributed by atoms with Gasteiger partial charge in [-0.15, -0.1) is 0 Å². The average Bonchev–Trinajstić information content (AvgIpc) is 2.57. The van der Waals surface area contributed by atoms with Gasteiger partial charge in [0.25, 0.3) is 5.56 Å². The van der Waals surface area contributed by atoms with Crippen LogP contribution in [0.1, 0.15) is 24.5 Å². The second kappa shape index (κ2) is 5.71. The number of pyridine rings is 1. The fraction of sp³-hybridized carbons (Fsp3) is 0.526. The first kappa shape index (κ1) is 16.9. The summed E-state index contributed by atoms with van der Waals surface area (Å²) in [4.78, 5) is 17.6. The minimum absolute atomic E-state index is 0.0135. The Labute approximate surface area is 151 Å². The van der Waals surface area contributed by atoms with E-state index in [9.17, 15) is 9.18 Å². The number of likely N-dealkylation sites (N-methyl/N-ethyl adjacent to an activating group) is 1. The predicted octanol–water partition coefficient (Wildman–Crippen LogP) is 3.09. The molecule has 0 spiro atoms. The zero-order chi connectivity index (χ0) is 18.0. The maximum atomic E-state index is 14.5. The van der Waals surface area contributed by atoms with Crippen molar-refractivity contribution in [3.05, 3.63) is 38.4 Å². The molecule has 2 aromatic rings. The molecule has 4 nitrogen and oxygen atoms in total. The summed E-state index contributed by atoms with van der Waals surface area (Å²) in [7, 11) is 3.87. The second-order valence-corrected chi connectivity index (χ2v) is 7.90. The zero-order valence-corrected chi connectivity index (χ0v) is 15.8. The first-order valence-corrected chi connectivity index (χ1v) is 9.16. The number of aryl methyl sites for hydroxylation is 1. The van der Waals surface area contributed by atoms with Gasteiger partial charge in [0.1, 0.15) is 5.82 Å². The van der Waals surface area contributed by atoms with E-state index in [0.717, 1.165) is 42.6 Å². The summed E-state index contributed by atoms with van der Waals surface area (Å²) in [5, 5.41) is 1.09. The molecule has 3 heterocycles. The Hall–Kier alpha value is -1.59. The van der Waals surface area contributed by atoms with E-state index in [4.69, 9.17) is 11.6 Å². The van der Waals surface area contributed by atoms with Crippen LogP contribution in [0.15, 0.2) is 10.9 Å². The summed E-state index contributed by atoms with van der Waals surface area (Å²) in [6, 6.07) is 2.29. The molecular formula is C19H23ClFN3O. The lowest BCUT2D eigenvalue weighted by atomic mass is 9.91. The highest BCUT2D eigenvalue weighted by Gasteiger charge is 2.36. The van der Waals surface area contributed by atoms with Crippen LogP contribution in [-0.4, -0.2) is 41.7 Å². The number of halogens is 2. The van der Waals surface area contributed by atoms with E-state index in [1.807, 2.05) is 0 Å². The molecule has 0 aliphatic carbocycles. The summed E-state index contributed by atoms with van der Waals surface area (Å²) in [5.74, 6) is -0.317. The Morgan fingerprint density at radius 1 is 1.28 bits per heavy atom. The van der Waals surface area contributed by atoms with Gasteiger partial charge >= 0.3 is 0 Å². The van der Waals surface area contributed by atoms with Crippen molar-refractivity contribution in [2.75, 3.05) is 25.0 Å². The van der Waals surface area contributed by atoms with Crippen molar-refractivity contribution >= 4 is 28.2 Å². The van der Waals surface area contributed by atoms with Crippen molar-refractivity contribution in [3.8, 4) is 0 Å². The van der Waals surface area contributed by atoms with Gasteiger partial charge in [-0.1, -0.05) is 11.6 Å². The van der Waals surface area contributed by atoms with Crippen LogP contribution >= 0.6 is 11.6 Å². The highest BCUT2D eigenvalue weighted by molar-refractivity contribution is 6.36. The van der Waals surface area contributed by atoms with Gasteiger partial charge in [0.15, 0.2) is 0 Å². The highest BCUT2D eigenvalue weighted by Crippen LogP contribution is 2.40. The van der Waals surface area contributed by atoms with Gasteiger partial charge in [-0.05, 0) is 39.8 Å². The van der Waals surface area contributed by atoms with Gasteiger partial charge in [0.2, 0.25) is 0 Å². The van der Waals surface area contributed by atoms with Gasteiger partial charge in [0, 0.05) is 48.7 Å². The average molecular weight is 364 g/mol. The molecule has 2 atom stereocenters. The van der Waals surface area contributed by atoms with Crippen LogP contribution in [0.25, 0.3) is 10.9 Å². The standard InChI is InChI=1S/C19H23ClFN3O/c1-10-8-24-12(9-22(10)3)5-6-13-17(24)14-7-15(21)11(2)16(20)18(14)23(4)19(13)25/h7,10,12H,5-6,8-9H2,1-4H3. The van der Waals surface area contributed by atoms with E-state index in [2.05, 4.69) is 23.8 Å². The van der Waals surface area contributed by atoms with Crippen LogP contribution in [0, 0.1) is 12.7 Å². The summed E-state index contributed by atoms with van der Waals surface area (Å²) in [6.45, 7) is 5.64. The number of nitrogens with zero attached hydrogens (tertiary/aromatic N) is 3. The number of hydrogen-bond acceptors (Lipinski definition) is 3. The lowest BCUT2D eigenvalue weighted by molar-refractivity contribution is 0.192. The third-order valence-corrected chi connectivity index (χ3v) is 6.49. The van der Waals surface area contributed by atoms with Gasteiger partial charge in [-0.25, -0.2) is 4.39 Å². The van der Waals surface area contributed by atoms with E-state index < -0.39 is 0 Å². The topological polar surface area (TPSA) is 28.5 Å². The SMILES string of the molecule is Cc1c(F)cc2c3c(c(=O)n(C)c2c1Cl)CCC1CN(C)C(C)CN31. The summed E-state index contributed by atoms with van der Waals surface area (Å²) < 4.78 is 16.1. The molecule has 0 bridgehead atoms. The molecule has 2 aliphatic heterocycles. The molecule has 6 heteroatoms. The largest absolute Gasteiger partial charge is 0.365 e. The quantitative estimate of drug-likeness (QED) is 0.720. The maximum Gasteiger partial charge on any atom is 0.256 e.